The molecule has 3 fully saturated rings. The van der Waals surface area contributed by atoms with E-state index in [1.807, 2.05) is 0 Å². The van der Waals surface area contributed by atoms with Gasteiger partial charge in [0.2, 0.25) is 5.91 Å². The van der Waals surface area contributed by atoms with Crippen LogP contribution in [0.15, 0.2) is 47.2 Å². The molecule has 1 aromatic heterocycles. The highest BCUT2D eigenvalue weighted by molar-refractivity contribution is 6.34. The number of carboxylic acids is 1. The Hall–Kier alpha value is -5.23. The smallest absolute Gasteiger partial charge is 0.359 e. The molecule has 0 spiro atoms. The van der Waals surface area contributed by atoms with Crippen molar-refractivity contribution >= 4 is 52.8 Å². The fourth-order valence-electron chi connectivity index (χ4n) is 7.99. The van der Waals surface area contributed by atoms with Gasteiger partial charge in [-0.1, -0.05) is 17.7 Å². The van der Waals surface area contributed by atoms with Crippen LogP contribution in [0, 0.1) is 23.5 Å². The van der Waals surface area contributed by atoms with Crippen molar-refractivity contribution in [2.45, 2.75) is 13.3 Å². The van der Waals surface area contributed by atoms with E-state index in [4.69, 9.17) is 22.1 Å². The standard InChI is InChI=1S/C40H48ClF2N9O6/c1-24(44)31(19-45-9-15-58-3)28-6-7-30(36(43)35(28)42)33-20-47-37(49(33)2)38(55)48-27-4-5-29(32(41)16-27)40(57)51-12-10-50(11-13-51)39(56)26-8-14-52(22-26,23-34(53)54)21-25-17-46-18-25/h4-7,16,19-20,25-26,46H,8-15,17-18,21-23H2,1-3H3,(H3-,44,45,48,53,54,55,57)/p+1. The lowest BCUT2D eigenvalue weighted by atomic mass is 10.0. The number of anilines is 1. The monoisotopic (exact) mass is 824 g/mol. The summed E-state index contributed by atoms with van der Waals surface area (Å²) in [7, 11) is 3.02. The molecule has 3 aromatic rings. The number of carbonyl (C=O) groups excluding carboxylic acids is 3. The lowest BCUT2D eigenvalue weighted by Gasteiger charge is -2.40. The van der Waals surface area contributed by atoms with E-state index >= 15 is 8.78 Å². The number of imidazole rings is 1. The highest BCUT2D eigenvalue weighted by Crippen LogP contribution is 2.32. The molecular weight excluding hydrogens is 776 g/mol. The number of benzene rings is 2. The maximum atomic E-state index is 15.5. The van der Waals surface area contributed by atoms with E-state index in [0.29, 0.717) is 69.2 Å². The fourth-order valence-corrected chi connectivity index (χ4v) is 8.25. The lowest BCUT2D eigenvalue weighted by molar-refractivity contribution is -0.914. The molecule has 3 aliphatic heterocycles. The highest BCUT2D eigenvalue weighted by Gasteiger charge is 2.46. The number of amides is 3. The normalized spacial score (nSPS) is 20.3. The molecular formula is C40H49ClF2N9O6+. The van der Waals surface area contributed by atoms with Gasteiger partial charge in [-0.25, -0.2) is 18.6 Å². The van der Waals surface area contributed by atoms with Crippen molar-refractivity contribution in [1.29, 1.82) is 0 Å². The molecule has 6 rings (SSSR count). The van der Waals surface area contributed by atoms with E-state index in [1.54, 1.807) is 16.7 Å². The van der Waals surface area contributed by atoms with E-state index in [1.165, 1.54) is 61.5 Å². The van der Waals surface area contributed by atoms with E-state index in [0.717, 1.165) is 19.6 Å². The van der Waals surface area contributed by atoms with Crippen LogP contribution in [-0.2, 0) is 21.4 Å². The molecule has 2 unspecified atom stereocenters. The first-order chi connectivity index (χ1) is 27.7. The number of ether oxygens (including phenoxy) is 1. The zero-order valence-corrected chi connectivity index (χ0v) is 33.5. The second-order valence-corrected chi connectivity index (χ2v) is 15.6. The molecule has 58 heavy (non-hydrogen) atoms. The highest BCUT2D eigenvalue weighted by atomic mass is 35.5. The third-order valence-corrected chi connectivity index (χ3v) is 11.4. The van der Waals surface area contributed by atoms with Crippen molar-refractivity contribution < 1.29 is 42.3 Å². The Balaban J connectivity index is 1.06. The third-order valence-electron chi connectivity index (χ3n) is 11.1. The topological polar surface area (TPSA) is 184 Å². The number of hydrogen-bond acceptors (Lipinski definition) is 9. The van der Waals surface area contributed by atoms with Gasteiger partial charge in [0.1, 0.15) is 0 Å². The largest absolute Gasteiger partial charge is 0.477 e. The number of piperazine rings is 1. The van der Waals surface area contributed by atoms with Crippen LogP contribution in [0.5, 0.6) is 0 Å². The van der Waals surface area contributed by atoms with Crippen LogP contribution in [0.2, 0.25) is 5.02 Å². The molecule has 0 bridgehead atoms. The Morgan fingerprint density at radius 2 is 1.81 bits per heavy atom. The number of hydrogen-bond donors (Lipinski definition) is 4. The molecule has 3 amide bonds. The number of carboxylic acid groups (broad SMARTS) is 1. The van der Waals surface area contributed by atoms with E-state index in [-0.39, 0.29) is 74.5 Å². The molecule has 0 saturated carbocycles. The zero-order chi connectivity index (χ0) is 41.7. The number of nitrogens with zero attached hydrogens (tertiary/aromatic N) is 6. The minimum atomic E-state index is -1.15. The number of halogens is 3. The van der Waals surface area contributed by atoms with Gasteiger partial charge < -0.3 is 45.1 Å². The summed E-state index contributed by atoms with van der Waals surface area (Å²) in [6.45, 7) is 7.19. The van der Waals surface area contributed by atoms with Crippen LogP contribution >= 0.6 is 11.6 Å². The maximum absolute atomic E-state index is 15.5. The molecule has 0 radical (unpaired) electrons. The zero-order valence-electron chi connectivity index (χ0n) is 32.8. The van der Waals surface area contributed by atoms with E-state index < -0.39 is 23.5 Å². The molecule has 3 saturated heterocycles. The second kappa shape index (κ2) is 18.1. The molecule has 2 aromatic carbocycles. The van der Waals surface area contributed by atoms with Crippen molar-refractivity contribution in [3.05, 3.63) is 75.8 Å². The van der Waals surface area contributed by atoms with Gasteiger partial charge in [-0.3, -0.25) is 19.4 Å². The number of methoxy groups -OCH3 is 1. The number of quaternary nitrogens is 1. The summed E-state index contributed by atoms with van der Waals surface area (Å²) in [6, 6.07) is 7.24. The summed E-state index contributed by atoms with van der Waals surface area (Å²) in [5.74, 6) is -4.04. The van der Waals surface area contributed by atoms with Gasteiger partial charge >= 0.3 is 5.97 Å². The first kappa shape index (κ1) is 42.4. The second-order valence-electron chi connectivity index (χ2n) is 15.2. The Morgan fingerprint density at radius 3 is 2.45 bits per heavy atom. The van der Waals surface area contributed by atoms with Gasteiger partial charge in [0.25, 0.3) is 11.8 Å². The van der Waals surface area contributed by atoms with Gasteiger partial charge in [-0.15, -0.1) is 0 Å². The molecule has 4 heterocycles. The average molecular weight is 825 g/mol. The molecule has 18 heteroatoms. The number of nitrogens with one attached hydrogen (secondary N) is 2. The number of carbonyl (C=O) groups is 4. The first-order valence-corrected chi connectivity index (χ1v) is 19.5. The van der Waals surface area contributed by atoms with Crippen LogP contribution < -0.4 is 16.4 Å². The number of aromatic nitrogens is 2. The van der Waals surface area contributed by atoms with Crippen molar-refractivity contribution in [2.75, 3.05) is 91.0 Å². The van der Waals surface area contributed by atoms with Crippen molar-refractivity contribution in [3.8, 4) is 11.3 Å². The summed E-state index contributed by atoms with van der Waals surface area (Å²) in [5.41, 5.74) is 6.89. The van der Waals surface area contributed by atoms with Crippen LogP contribution in [0.1, 0.15) is 39.9 Å². The Bertz CT molecular complexity index is 2130. The van der Waals surface area contributed by atoms with Gasteiger partial charge in [0.05, 0.1) is 61.2 Å². The summed E-state index contributed by atoms with van der Waals surface area (Å²) in [4.78, 5) is 63.8. The summed E-state index contributed by atoms with van der Waals surface area (Å²) in [5, 5.41) is 15.6. The minimum Gasteiger partial charge on any atom is -0.477 e. The Kier molecular flexibility index (Phi) is 13.3. The molecule has 0 aliphatic carbocycles. The van der Waals surface area contributed by atoms with E-state index in [2.05, 4.69) is 20.6 Å². The summed E-state index contributed by atoms with van der Waals surface area (Å²) >= 11 is 6.56. The number of aliphatic carboxylic acids is 1. The number of allylic oxidation sites excluding steroid dienone is 2. The first-order valence-electron chi connectivity index (χ1n) is 19.1. The summed E-state index contributed by atoms with van der Waals surface area (Å²) < 4.78 is 37.7. The van der Waals surface area contributed by atoms with Gasteiger partial charge in [-0.2, -0.15) is 0 Å². The van der Waals surface area contributed by atoms with Crippen molar-refractivity contribution in [2.24, 2.45) is 29.6 Å². The molecule has 2 atom stereocenters. The van der Waals surface area contributed by atoms with E-state index in [9.17, 15) is 24.3 Å². The number of nitrogens with two attached hydrogens (primary N) is 1. The number of likely N-dealkylation sites (tertiary alicyclic amines) is 1. The van der Waals surface area contributed by atoms with Crippen LogP contribution in [0.3, 0.4) is 0 Å². The third kappa shape index (κ3) is 9.22. The van der Waals surface area contributed by atoms with Gasteiger partial charge in [0.15, 0.2) is 24.0 Å². The minimum absolute atomic E-state index is 0.00135. The Morgan fingerprint density at radius 1 is 1.10 bits per heavy atom. The molecule has 15 nitrogen and oxygen atoms in total. The lowest BCUT2D eigenvalue weighted by Crippen LogP contribution is -2.58. The quantitative estimate of drug-likeness (QED) is 0.108. The predicted octanol–water partition coefficient (Wildman–Crippen LogP) is 3.10. The van der Waals surface area contributed by atoms with Crippen molar-refractivity contribution in [1.82, 2.24) is 24.7 Å². The van der Waals surface area contributed by atoms with Crippen LogP contribution in [0.25, 0.3) is 16.8 Å². The molecule has 5 N–H and O–H groups in total. The molecule has 3 aliphatic rings. The average Bonchev–Trinajstić information content (AvgIpc) is 3.77. The van der Waals surface area contributed by atoms with Gasteiger partial charge in [-0.05, 0) is 31.2 Å². The maximum Gasteiger partial charge on any atom is 0.359 e. The number of aliphatic imine (C=N–C) groups is 1. The molecule has 310 valence electrons. The number of rotatable bonds is 14. The summed E-state index contributed by atoms with van der Waals surface area (Å²) in [6.07, 6.45) is 3.28. The van der Waals surface area contributed by atoms with Crippen molar-refractivity contribution in [3.63, 3.8) is 0 Å². The van der Waals surface area contributed by atoms with Crippen LogP contribution in [-0.4, -0.2) is 145 Å². The Labute approximate surface area is 340 Å². The SMILES string of the molecule is COCCN=C/C(=C(/C)N)c1ccc(-c2cnc(C(=O)Nc3ccc(C(=O)N4CCN(C(=O)C5CC[N+](CC(=O)O)(CC6CNC6)C5)CC4)c(Cl)c3)n2C)c(F)c1F. The van der Waals surface area contributed by atoms with Crippen LogP contribution in [0.4, 0.5) is 14.5 Å². The van der Waals surface area contributed by atoms with Gasteiger partial charge in [0, 0.05) is 100 Å². The fraction of sp³-hybridized carbons (Fsp3) is 0.450. The predicted molar refractivity (Wildman–Crippen MR) is 214 cm³/mol.